The molecule has 0 aliphatic rings. The lowest BCUT2D eigenvalue weighted by atomic mass is 9.84. The van der Waals surface area contributed by atoms with E-state index in [0.717, 1.165) is 4.47 Å². The Bertz CT molecular complexity index is 428. The lowest BCUT2D eigenvalue weighted by Crippen LogP contribution is -2.40. The largest absolute Gasteiger partial charge is 0.396 e. The fraction of sp³-hybridized carbons (Fsp3) is 0.533. The number of carbonyl (C=O) groups is 1. The average Bonchev–Trinajstić information content (AvgIpc) is 2.38. The minimum atomic E-state index is -0.307. The smallest absolute Gasteiger partial charge is 0.225 e. The lowest BCUT2D eigenvalue weighted by molar-refractivity contribution is -0.126. The molecule has 2 N–H and O–H groups in total. The number of hydrogen-bond acceptors (Lipinski definition) is 2. The van der Waals surface area contributed by atoms with Gasteiger partial charge in [-0.25, -0.2) is 0 Å². The van der Waals surface area contributed by atoms with Crippen molar-refractivity contribution in [2.45, 2.75) is 32.6 Å². The topological polar surface area (TPSA) is 49.3 Å². The van der Waals surface area contributed by atoms with Gasteiger partial charge in [0.25, 0.3) is 0 Å². The molecule has 1 unspecified atom stereocenters. The van der Waals surface area contributed by atoms with Crippen molar-refractivity contribution in [3.8, 4) is 0 Å². The molecule has 106 valence electrons. The summed E-state index contributed by atoms with van der Waals surface area (Å²) in [6.07, 6.45) is 0.652. The number of aliphatic hydroxyl groups excluding tert-OH is 1. The normalized spacial score (nSPS) is 13.1. The van der Waals surface area contributed by atoms with Gasteiger partial charge in [0.2, 0.25) is 5.91 Å². The first-order chi connectivity index (χ1) is 8.90. The monoisotopic (exact) mass is 327 g/mol. The van der Waals surface area contributed by atoms with Crippen LogP contribution in [0.1, 0.15) is 32.8 Å². The quantitative estimate of drug-likeness (QED) is 0.844. The van der Waals surface area contributed by atoms with E-state index in [-0.39, 0.29) is 23.8 Å². The van der Waals surface area contributed by atoms with Crippen LogP contribution in [0.3, 0.4) is 0 Å². The number of nitrogens with one attached hydrogen (secondary N) is 1. The summed E-state index contributed by atoms with van der Waals surface area (Å²) < 4.78 is 1.03. The summed E-state index contributed by atoms with van der Waals surface area (Å²) in [4.78, 5) is 11.9. The molecule has 0 aromatic heterocycles. The number of rotatable bonds is 6. The fourth-order valence-corrected chi connectivity index (χ4v) is 2.26. The number of carbonyl (C=O) groups excluding carboxylic acids is 1. The van der Waals surface area contributed by atoms with Crippen molar-refractivity contribution in [1.82, 2.24) is 5.32 Å². The molecule has 0 spiro atoms. The van der Waals surface area contributed by atoms with Crippen molar-refractivity contribution < 1.29 is 9.90 Å². The molecule has 1 amide bonds. The highest BCUT2D eigenvalue weighted by Crippen LogP contribution is 2.25. The third-order valence-corrected chi connectivity index (χ3v) is 3.89. The van der Waals surface area contributed by atoms with E-state index in [1.54, 1.807) is 0 Å². The second kappa shape index (κ2) is 7.06. The van der Waals surface area contributed by atoms with Gasteiger partial charge in [0, 0.05) is 16.4 Å². The molecule has 0 heterocycles. The molecule has 4 heteroatoms. The van der Waals surface area contributed by atoms with Crippen molar-refractivity contribution in [1.29, 1.82) is 0 Å². The van der Waals surface area contributed by atoms with Gasteiger partial charge in [-0.3, -0.25) is 4.79 Å². The molecule has 1 aromatic rings. The molecule has 1 aromatic carbocycles. The second-order valence-corrected chi connectivity index (χ2v) is 6.32. The molecule has 1 atom stereocenters. The highest BCUT2D eigenvalue weighted by Gasteiger charge is 2.23. The van der Waals surface area contributed by atoms with Crippen LogP contribution in [0.5, 0.6) is 0 Å². The van der Waals surface area contributed by atoms with Gasteiger partial charge in [0.15, 0.2) is 0 Å². The second-order valence-electron chi connectivity index (χ2n) is 5.40. The van der Waals surface area contributed by atoms with Crippen molar-refractivity contribution in [3.05, 3.63) is 34.3 Å². The van der Waals surface area contributed by atoms with Crippen molar-refractivity contribution in [3.63, 3.8) is 0 Å². The van der Waals surface area contributed by atoms with Crippen LogP contribution in [0, 0.1) is 5.92 Å². The number of hydrogen-bond donors (Lipinski definition) is 2. The summed E-state index contributed by atoms with van der Waals surface area (Å²) in [5.74, 6) is -0.383. The first-order valence-corrected chi connectivity index (χ1v) is 7.34. The Morgan fingerprint density at radius 2 is 2.16 bits per heavy atom. The predicted molar refractivity (Wildman–Crippen MR) is 81.0 cm³/mol. The van der Waals surface area contributed by atoms with Crippen LogP contribution in [-0.2, 0) is 10.2 Å². The maximum atomic E-state index is 11.9. The van der Waals surface area contributed by atoms with E-state index in [2.05, 4.69) is 47.2 Å². The first-order valence-electron chi connectivity index (χ1n) is 6.55. The molecule has 3 nitrogen and oxygen atoms in total. The van der Waals surface area contributed by atoms with Crippen LogP contribution in [0.15, 0.2) is 28.7 Å². The SMILES string of the molecule is CCC(CO)C(=O)NCC(C)(C)c1cccc(Br)c1. The molecule has 0 aliphatic heterocycles. The van der Waals surface area contributed by atoms with Gasteiger partial charge in [-0.2, -0.15) is 0 Å². The van der Waals surface area contributed by atoms with Gasteiger partial charge in [-0.15, -0.1) is 0 Å². The molecule has 0 saturated heterocycles. The van der Waals surface area contributed by atoms with Crippen LogP contribution in [0.4, 0.5) is 0 Å². The summed E-state index contributed by atoms with van der Waals surface area (Å²) >= 11 is 3.46. The zero-order chi connectivity index (χ0) is 14.5. The number of benzene rings is 1. The molecular weight excluding hydrogens is 306 g/mol. The molecule has 19 heavy (non-hydrogen) atoms. The molecule has 0 fully saturated rings. The molecule has 0 radical (unpaired) electrons. The van der Waals surface area contributed by atoms with Gasteiger partial charge in [-0.05, 0) is 24.1 Å². The van der Waals surface area contributed by atoms with Crippen molar-refractivity contribution >= 4 is 21.8 Å². The Labute approximate surface area is 123 Å². The van der Waals surface area contributed by atoms with E-state index in [1.807, 2.05) is 19.1 Å². The van der Waals surface area contributed by atoms with Gasteiger partial charge in [0.05, 0.1) is 12.5 Å². The Morgan fingerprint density at radius 3 is 2.68 bits per heavy atom. The molecule has 0 saturated carbocycles. The zero-order valence-electron chi connectivity index (χ0n) is 11.7. The van der Waals surface area contributed by atoms with Crippen molar-refractivity contribution in [2.24, 2.45) is 5.92 Å². The van der Waals surface area contributed by atoms with E-state index in [9.17, 15) is 4.79 Å². The highest BCUT2D eigenvalue weighted by molar-refractivity contribution is 9.10. The minimum Gasteiger partial charge on any atom is -0.396 e. The summed E-state index contributed by atoms with van der Waals surface area (Å²) in [7, 11) is 0. The standard InChI is InChI=1S/C15H22BrNO2/c1-4-11(9-18)14(19)17-10-15(2,3)12-6-5-7-13(16)8-12/h5-8,11,18H,4,9-10H2,1-3H3,(H,17,19). The van der Waals surface area contributed by atoms with Gasteiger partial charge in [-0.1, -0.05) is 48.8 Å². The lowest BCUT2D eigenvalue weighted by Gasteiger charge is -2.27. The molecule has 0 aliphatic carbocycles. The number of amides is 1. The van der Waals surface area contributed by atoms with Crippen LogP contribution in [0.2, 0.25) is 0 Å². The summed E-state index contributed by atoms with van der Waals surface area (Å²) in [5.41, 5.74) is 1.02. The van der Waals surface area contributed by atoms with E-state index in [0.29, 0.717) is 13.0 Å². The van der Waals surface area contributed by atoms with Crippen molar-refractivity contribution in [2.75, 3.05) is 13.2 Å². The maximum Gasteiger partial charge on any atom is 0.225 e. The van der Waals surface area contributed by atoms with E-state index in [1.165, 1.54) is 5.56 Å². The van der Waals surface area contributed by atoms with Crippen LogP contribution in [-0.4, -0.2) is 24.2 Å². The third kappa shape index (κ3) is 4.62. The Balaban J connectivity index is 2.67. The molecule has 0 bridgehead atoms. The predicted octanol–water partition coefficient (Wildman–Crippen LogP) is 2.86. The number of halogens is 1. The Kier molecular flexibility index (Phi) is 6.01. The van der Waals surface area contributed by atoms with Crippen LogP contribution < -0.4 is 5.32 Å². The van der Waals surface area contributed by atoms with Gasteiger partial charge in [0.1, 0.15) is 0 Å². The van der Waals surface area contributed by atoms with E-state index in [4.69, 9.17) is 5.11 Å². The Hall–Kier alpha value is -0.870. The van der Waals surface area contributed by atoms with Crippen LogP contribution >= 0.6 is 15.9 Å². The number of aliphatic hydroxyl groups is 1. The van der Waals surface area contributed by atoms with Gasteiger partial charge >= 0.3 is 0 Å². The van der Waals surface area contributed by atoms with Gasteiger partial charge < -0.3 is 10.4 Å². The molecular formula is C15H22BrNO2. The summed E-state index contributed by atoms with van der Waals surface area (Å²) in [6.45, 7) is 6.54. The zero-order valence-corrected chi connectivity index (χ0v) is 13.3. The first kappa shape index (κ1) is 16.2. The van der Waals surface area contributed by atoms with E-state index >= 15 is 0 Å². The van der Waals surface area contributed by atoms with Crippen LogP contribution in [0.25, 0.3) is 0 Å². The highest BCUT2D eigenvalue weighted by atomic mass is 79.9. The summed E-state index contributed by atoms with van der Waals surface area (Å²) in [6, 6.07) is 8.10. The third-order valence-electron chi connectivity index (χ3n) is 3.39. The summed E-state index contributed by atoms with van der Waals surface area (Å²) in [5, 5.41) is 12.0. The maximum absolute atomic E-state index is 11.9. The molecule has 1 rings (SSSR count). The average molecular weight is 328 g/mol. The van der Waals surface area contributed by atoms with E-state index < -0.39 is 0 Å². The minimum absolute atomic E-state index is 0.0759. The Morgan fingerprint density at radius 1 is 1.47 bits per heavy atom. The fourth-order valence-electron chi connectivity index (χ4n) is 1.86.